The maximum Gasteiger partial charge on any atom is 0.120 e. The highest BCUT2D eigenvalue weighted by Gasteiger charge is 2.17. The SMILES string of the molecule is CC(C)(C)Oc1ccc(C#CC2CC2)cc1. The van der Waals surface area contributed by atoms with Crippen LogP contribution in [0.25, 0.3) is 0 Å². The van der Waals surface area contributed by atoms with Gasteiger partial charge in [0.2, 0.25) is 0 Å². The molecule has 1 saturated carbocycles. The van der Waals surface area contributed by atoms with Crippen molar-refractivity contribution in [2.24, 2.45) is 5.92 Å². The van der Waals surface area contributed by atoms with E-state index in [0.29, 0.717) is 5.92 Å². The summed E-state index contributed by atoms with van der Waals surface area (Å²) in [5, 5.41) is 0. The van der Waals surface area contributed by atoms with Crippen molar-refractivity contribution in [2.45, 2.75) is 39.2 Å². The molecule has 0 bridgehead atoms. The molecule has 0 aromatic heterocycles. The molecule has 0 radical (unpaired) electrons. The van der Waals surface area contributed by atoms with Gasteiger partial charge in [-0.05, 0) is 57.9 Å². The Kier molecular flexibility index (Phi) is 2.92. The fourth-order valence-electron chi connectivity index (χ4n) is 1.37. The van der Waals surface area contributed by atoms with Gasteiger partial charge in [-0.15, -0.1) is 0 Å². The van der Waals surface area contributed by atoms with E-state index in [-0.39, 0.29) is 5.60 Å². The minimum absolute atomic E-state index is 0.138. The van der Waals surface area contributed by atoms with Crippen LogP contribution in [0.3, 0.4) is 0 Å². The van der Waals surface area contributed by atoms with Crippen molar-refractivity contribution in [1.82, 2.24) is 0 Å². The van der Waals surface area contributed by atoms with Gasteiger partial charge in [-0.2, -0.15) is 0 Å². The van der Waals surface area contributed by atoms with Gasteiger partial charge in [0.1, 0.15) is 11.4 Å². The molecule has 0 unspecified atom stereocenters. The first-order valence-electron chi connectivity index (χ1n) is 5.83. The van der Waals surface area contributed by atoms with Crippen molar-refractivity contribution in [3.8, 4) is 17.6 Å². The fourth-order valence-corrected chi connectivity index (χ4v) is 1.37. The van der Waals surface area contributed by atoms with Crippen molar-refractivity contribution in [2.75, 3.05) is 0 Å². The van der Waals surface area contributed by atoms with Crippen LogP contribution in [-0.4, -0.2) is 5.60 Å². The monoisotopic (exact) mass is 214 g/mol. The molecular weight excluding hydrogens is 196 g/mol. The molecule has 1 fully saturated rings. The van der Waals surface area contributed by atoms with Gasteiger partial charge in [-0.1, -0.05) is 11.8 Å². The van der Waals surface area contributed by atoms with E-state index in [9.17, 15) is 0 Å². The molecule has 0 atom stereocenters. The lowest BCUT2D eigenvalue weighted by molar-refractivity contribution is 0.131. The van der Waals surface area contributed by atoms with Crippen LogP contribution in [0.15, 0.2) is 24.3 Å². The van der Waals surface area contributed by atoms with Crippen molar-refractivity contribution in [3.05, 3.63) is 29.8 Å². The molecule has 16 heavy (non-hydrogen) atoms. The molecule has 0 amide bonds. The molecule has 0 spiro atoms. The zero-order valence-electron chi connectivity index (χ0n) is 10.2. The van der Waals surface area contributed by atoms with Crippen LogP contribution in [0, 0.1) is 17.8 Å². The molecule has 1 heteroatoms. The first kappa shape index (κ1) is 11.1. The van der Waals surface area contributed by atoms with Gasteiger partial charge < -0.3 is 4.74 Å². The molecule has 2 rings (SSSR count). The number of hydrogen-bond donors (Lipinski definition) is 0. The van der Waals surface area contributed by atoms with Gasteiger partial charge in [-0.25, -0.2) is 0 Å². The summed E-state index contributed by atoms with van der Waals surface area (Å²) in [5.41, 5.74) is 0.939. The quantitative estimate of drug-likeness (QED) is 0.649. The number of hydrogen-bond acceptors (Lipinski definition) is 1. The molecule has 0 saturated heterocycles. The molecule has 1 aliphatic carbocycles. The molecular formula is C15H18O. The van der Waals surface area contributed by atoms with Gasteiger partial charge in [0.25, 0.3) is 0 Å². The van der Waals surface area contributed by atoms with Crippen LogP contribution < -0.4 is 4.74 Å². The third kappa shape index (κ3) is 3.62. The van der Waals surface area contributed by atoms with Gasteiger partial charge in [0.15, 0.2) is 0 Å². The van der Waals surface area contributed by atoms with Gasteiger partial charge in [0, 0.05) is 11.5 Å². The normalized spacial score (nSPS) is 15.2. The van der Waals surface area contributed by atoms with E-state index in [1.54, 1.807) is 0 Å². The summed E-state index contributed by atoms with van der Waals surface area (Å²) in [6.07, 6.45) is 2.55. The Morgan fingerprint density at radius 3 is 2.25 bits per heavy atom. The average molecular weight is 214 g/mol. The number of rotatable bonds is 1. The summed E-state index contributed by atoms with van der Waals surface area (Å²) >= 11 is 0. The Bertz CT molecular complexity index is 407. The van der Waals surface area contributed by atoms with Crippen LogP contribution in [0.1, 0.15) is 39.2 Å². The highest BCUT2D eigenvalue weighted by atomic mass is 16.5. The smallest absolute Gasteiger partial charge is 0.120 e. The van der Waals surface area contributed by atoms with Crippen molar-refractivity contribution >= 4 is 0 Å². The van der Waals surface area contributed by atoms with E-state index in [1.807, 2.05) is 45.0 Å². The summed E-state index contributed by atoms with van der Waals surface area (Å²) in [4.78, 5) is 0. The lowest BCUT2D eigenvalue weighted by Crippen LogP contribution is -2.22. The van der Waals surface area contributed by atoms with Crippen LogP contribution in [0.5, 0.6) is 5.75 Å². The van der Waals surface area contributed by atoms with Crippen LogP contribution in [0.4, 0.5) is 0 Å². The van der Waals surface area contributed by atoms with Crippen LogP contribution in [-0.2, 0) is 0 Å². The summed E-state index contributed by atoms with van der Waals surface area (Å²) < 4.78 is 5.75. The largest absolute Gasteiger partial charge is 0.488 e. The highest BCUT2D eigenvalue weighted by Crippen LogP contribution is 2.27. The van der Waals surface area contributed by atoms with E-state index < -0.39 is 0 Å². The third-order valence-electron chi connectivity index (χ3n) is 2.28. The van der Waals surface area contributed by atoms with E-state index in [0.717, 1.165) is 11.3 Å². The molecule has 84 valence electrons. The van der Waals surface area contributed by atoms with Gasteiger partial charge >= 0.3 is 0 Å². The Morgan fingerprint density at radius 2 is 1.75 bits per heavy atom. The minimum Gasteiger partial charge on any atom is -0.488 e. The number of ether oxygens (including phenoxy) is 1. The van der Waals surface area contributed by atoms with E-state index in [2.05, 4.69) is 11.8 Å². The molecule has 0 N–H and O–H groups in total. The molecule has 1 aromatic rings. The molecule has 0 aliphatic heterocycles. The predicted octanol–water partition coefficient (Wildman–Crippen LogP) is 3.63. The Balaban J connectivity index is 2.02. The second kappa shape index (κ2) is 4.22. The first-order valence-corrected chi connectivity index (χ1v) is 5.83. The highest BCUT2D eigenvalue weighted by molar-refractivity contribution is 5.39. The van der Waals surface area contributed by atoms with Gasteiger partial charge in [-0.3, -0.25) is 0 Å². The zero-order valence-corrected chi connectivity index (χ0v) is 10.2. The standard InChI is InChI=1S/C15H18O/c1-15(2,3)16-14-10-8-13(9-11-14)7-6-12-4-5-12/h8-12H,4-5H2,1-3H3. The summed E-state index contributed by atoms with van der Waals surface area (Å²) in [6.45, 7) is 6.15. The van der Waals surface area contributed by atoms with E-state index >= 15 is 0 Å². The lowest BCUT2D eigenvalue weighted by atomic mass is 10.1. The van der Waals surface area contributed by atoms with Crippen molar-refractivity contribution in [1.29, 1.82) is 0 Å². The maximum absolute atomic E-state index is 5.75. The summed E-state index contributed by atoms with van der Waals surface area (Å²) in [7, 11) is 0. The molecule has 1 nitrogen and oxygen atoms in total. The lowest BCUT2D eigenvalue weighted by Gasteiger charge is -2.21. The summed E-state index contributed by atoms with van der Waals surface area (Å²) in [5.74, 6) is 8.01. The fraction of sp³-hybridized carbons (Fsp3) is 0.467. The van der Waals surface area contributed by atoms with E-state index in [4.69, 9.17) is 4.74 Å². The topological polar surface area (TPSA) is 9.23 Å². The average Bonchev–Trinajstić information content (AvgIpc) is 2.98. The maximum atomic E-state index is 5.75. The predicted molar refractivity (Wildman–Crippen MR) is 66.4 cm³/mol. The first-order chi connectivity index (χ1) is 7.53. The van der Waals surface area contributed by atoms with Crippen LogP contribution >= 0.6 is 0 Å². The van der Waals surface area contributed by atoms with Gasteiger partial charge in [0.05, 0.1) is 0 Å². The van der Waals surface area contributed by atoms with Crippen molar-refractivity contribution in [3.63, 3.8) is 0 Å². The molecule has 1 aliphatic rings. The third-order valence-corrected chi connectivity index (χ3v) is 2.28. The Hall–Kier alpha value is -1.42. The van der Waals surface area contributed by atoms with E-state index in [1.165, 1.54) is 12.8 Å². The van der Waals surface area contributed by atoms with Crippen molar-refractivity contribution < 1.29 is 4.74 Å². The zero-order chi connectivity index (χ0) is 11.6. The Morgan fingerprint density at radius 1 is 1.12 bits per heavy atom. The molecule has 1 aromatic carbocycles. The Labute approximate surface area is 97.8 Å². The van der Waals surface area contributed by atoms with Crippen LogP contribution in [0.2, 0.25) is 0 Å². The second-order valence-electron chi connectivity index (χ2n) is 5.28. The number of benzene rings is 1. The second-order valence-corrected chi connectivity index (χ2v) is 5.28. The molecule has 0 heterocycles. The minimum atomic E-state index is -0.138. The summed E-state index contributed by atoms with van der Waals surface area (Å²) in [6, 6.07) is 8.03.